The molecule has 3 nitrogen and oxygen atoms in total. The van der Waals surface area contributed by atoms with Gasteiger partial charge in [0.05, 0.1) is 6.10 Å². The van der Waals surface area contributed by atoms with Gasteiger partial charge < -0.3 is 9.64 Å². The minimum Gasteiger partial charge on any atom is -0.371 e. The van der Waals surface area contributed by atoms with Crippen molar-refractivity contribution in [3.8, 4) is 0 Å². The Labute approximate surface area is 74.7 Å². The maximum Gasteiger partial charge on any atom is 0.159 e. The summed E-state index contributed by atoms with van der Waals surface area (Å²) in [5, 5.41) is 0. The van der Waals surface area contributed by atoms with Gasteiger partial charge in [0, 0.05) is 13.0 Å². The third-order valence-electron chi connectivity index (χ3n) is 1.42. The van der Waals surface area contributed by atoms with Crippen molar-refractivity contribution in [1.82, 2.24) is 4.90 Å². The number of hydrogen-bond acceptors (Lipinski definition) is 3. The molecule has 0 saturated heterocycles. The van der Waals surface area contributed by atoms with Gasteiger partial charge in [0.15, 0.2) is 5.78 Å². The molecule has 0 amide bonds. The van der Waals surface area contributed by atoms with Crippen LogP contribution in [0, 0.1) is 0 Å². The monoisotopic (exact) mass is 173 g/mol. The first-order valence-electron chi connectivity index (χ1n) is 4.30. The molecule has 0 atom stereocenters. The lowest BCUT2D eigenvalue weighted by Crippen LogP contribution is -2.20. The molecule has 3 heteroatoms. The Morgan fingerprint density at radius 3 is 2.42 bits per heavy atom. The first kappa shape index (κ1) is 11.6. The summed E-state index contributed by atoms with van der Waals surface area (Å²) < 4.78 is 5.17. The van der Waals surface area contributed by atoms with Crippen LogP contribution in [0.2, 0.25) is 0 Å². The van der Waals surface area contributed by atoms with Gasteiger partial charge in [-0.05, 0) is 27.9 Å². The number of ether oxygens (including phenoxy) is 1. The Balaban J connectivity index is 3.34. The summed E-state index contributed by atoms with van der Waals surface area (Å²) in [5.74, 6) is 0.178. The molecule has 0 aromatic carbocycles. The molecule has 0 aromatic rings. The molecule has 0 aliphatic rings. The summed E-state index contributed by atoms with van der Waals surface area (Å²) in [4.78, 5) is 13.1. The van der Waals surface area contributed by atoms with Gasteiger partial charge >= 0.3 is 0 Å². The quantitative estimate of drug-likeness (QED) is 0.598. The van der Waals surface area contributed by atoms with Gasteiger partial charge in [-0.3, -0.25) is 4.79 Å². The van der Waals surface area contributed by atoms with Crippen molar-refractivity contribution >= 4 is 5.78 Å². The predicted octanol–water partition coefficient (Wildman–Crippen LogP) is 0.932. The van der Waals surface area contributed by atoms with E-state index in [0.717, 1.165) is 6.54 Å². The normalized spacial score (nSPS) is 11.2. The lowest BCUT2D eigenvalue weighted by Gasteiger charge is -2.09. The fraction of sp³-hybridized carbons (Fsp3) is 0.889. The molecule has 0 spiro atoms. The van der Waals surface area contributed by atoms with Crippen molar-refractivity contribution in [1.29, 1.82) is 0 Å². The lowest BCUT2D eigenvalue weighted by molar-refractivity contribution is -0.125. The smallest absolute Gasteiger partial charge is 0.159 e. The van der Waals surface area contributed by atoms with E-state index >= 15 is 0 Å². The molecular weight excluding hydrogens is 154 g/mol. The second-order valence-corrected chi connectivity index (χ2v) is 3.45. The summed E-state index contributed by atoms with van der Waals surface area (Å²) in [6.45, 7) is 4.92. The van der Waals surface area contributed by atoms with Gasteiger partial charge in [-0.2, -0.15) is 0 Å². The van der Waals surface area contributed by atoms with Gasteiger partial charge in [-0.1, -0.05) is 0 Å². The van der Waals surface area contributed by atoms with E-state index < -0.39 is 0 Å². The highest BCUT2D eigenvalue weighted by Crippen LogP contribution is 1.91. The summed E-state index contributed by atoms with van der Waals surface area (Å²) in [7, 11) is 3.91. The van der Waals surface area contributed by atoms with Crippen molar-refractivity contribution in [3.63, 3.8) is 0 Å². The van der Waals surface area contributed by atoms with Gasteiger partial charge in [0.25, 0.3) is 0 Å². The molecule has 0 heterocycles. The Hall–Kier alpha value is -0.410. The maximum atomic E-state index is 11.1. The highest BCUT2D eigenvalue weighted by molar-refractivity contribution is 5.79. The Morgan fingerprint density at radius 2 is 2.00 bits per heavy atom. The van der Waals surface area contributed by atoms with E-state index in [-0.39, 0.29) is 18.5 Å². The molecule has 0 rings (SSSR count). The summed E-state index contributed by atoms with van der Waals surface area (Å²) in [5.41, 5.74) is 0. The highest BCUT2D eigenvalue weighted by atomic mass is 16.5. The van der Waals surface area contributed by atoms with Crippen molar-refractivity contribution in [2.45, 2.75) is 26.4 Å². The largest absolute Gasteiger partial charge is 0.371 e. The molecule has 0 radical (unpaired) electrons. The van der Waals surface area contributed by atoms with E-state index in [2.05, 4.69) is 0 Å². The van der Waals surface area contributed by atoms with Gasteiger partial charge in [-0.25, -0.2) is 0 Å². The molecule has 12 heavy (non-hydrogen) atoms. The molecule has 0 N–H and O–H groups in total. The third-order valence-corrected chi connectivity index (χ3v) is 1.42. The second-order valence-electron chi connectivity index (χ2n) is 3.45. The summed E-state index contributed by atoms with van der Waals surface area (Å²) >= 11 is 0. The van der Waals surface area contributed by atoms with Crippen LogP contribution in [0.4, 0.5) is 0 Å². The molecule has 0 bridgehead atoms. The van der Waals surface area contributed by atoms with Crippen molar-refractivity contribution in [2.75, 3.05) is 27.2 Å². The van der Waals surface area contributed by atoms with Gasteiger partial charge in [0.1, 0.15) is 6.61 Å². The van der Waals surface area contributed by atoms with Crippen LogP contribution in [-0.4, -0.2) is 44.0 Å². The molecule has 0 fully saturated rings. The van der Waals surface area contributed by atoms with E-state index in [1.54, 1.807) is 0 Å². The van der Waals surface area contributed by atoms with Gasteiger partial charge in [-0.15, -0.1) is 0 Å². The number of Topliss-reactive ketones (excluding diaryl/α,β-unsaturated/α-hetero) is 1. The molecule has 0 aromatic heterocycles. The summed E-state index contributed by atoms with van der Waals surface area (Å²) in [6.07, 6.45) is 0.730. The van der Waals surface area contributed by atoms with Crippen LogP contribution in [0.15, 0.2) is 0 Å². The number of rotatable bonds is 6. The van der Waals surface area contributed by atoms with Crippen LogP contribution < -0.4 is 0 Å². The van der Waals surface area contributed by atoms with E-state index in [1.807, 2.05) is 32.8 Å². The molecule has 0 aliphatic carbocycles. The molecule has 0 unspecified atom stereocenters. The predicted molar refractivity (Wildman–Crippen MR) is 49.3 cm³/mol. The average Bonchev–Trinajstić information content (AvgIpc) is 1.96. The second kappa shape index (κ2) is 6.14. The van der Waals surface area contributed by atoms with Gasteiger partial charge in [0.2, 0.25) is 0 Å². The van der Waals surface area contributed by atoms with Crippen LogP contribution in [-0.2, 0) is 9.53 Å². The standard InChI is InChI=1S/C9H19NO2/c1-8(2)12-7-9(11)5-6-10(3)4/h8H,5-7H2,1-4H3. The Morgan fingerprint density at radius 1 is 1.42 bits per heavy atom. The van der Waals surface area contributed by atoms with E-state index in [0.29, 0.717) is 6.42 Å². The number of hydrogen-bond donors (Lipinski definition) is 0. The van der Waals surface area contributed by atoms with Crippen LogP contribution in [0.3, 0.4) is 0 Å². The van der Waals surface area contributed by atoms with Crippen molar-refractivity contribution in [3.05, 3.63) is 0 Å². The minimum absolute atomic E-state index is 0.147. The van der Waals surface area contributed by atoms with Crippen molar-refractivity contribution in [2.24, 2.45) is 0 Å². The number of nitrogens with zero attached hydrogens (tertiary/aromatic N) is 1. The first-order valence-corrected chi connectivity index (χ1v) is 4.30. The Kier molecular flexibility index (Phi) is 5.93. The summed E-state index contributed by atoms with van der Waals surface area (Å²) in [6, 6.07) is 0. The first-order chi connectivity index (χ1) is 5.52. The molecule has 0 aliphatic heterocycles. The number of carbonyl (C=O) groups is 1. The van der Waals surface area contributed by atoms with Crippen LogP contribution in [0.5, 0.6) is 0 Å². The minimum atomic E-state index is 0.147. The zero-order valence-corrected chi connectivity index (χ0v) is 8.46. The van der Waals surface area contributed by atoms with E-state index in [1.165, 1.54) is 0 Å². The fourth-order valence-corrected chi connectivity index (χ4v) is 0.680. The van der Waals surface area contributed by atoms with E-state index in [9.17, 15) is 4.79 Å². The number of carbonyl (C=O) groups excluding carboxylic acids is 1. The van der Waals surface area contributed by atoms with Crippen molar-refractivity contribution < 1.29 is 9.53 Å². The Bertz CT molecular complexity index is 118. The fourth-order valence-electron chi connectivity index (χ4n) is 0.680. The maximum absolute atomic E-state index is 11.1. The molecule has 72 valence electrons. The molecule has 0 saturated carbocycles. The van der Waals surface area contributed by atoms with Crippen LogP contribution in [0.1, 0.15) is 20.3 Å². The van der Waals surface area contributed by atoms with Crippen LogP contribution >= 0.6 is 0 Å². The highest BCUT2D eigenvalue weighted by Gasteiger charge is 2.03. The van der Waals surface area contributed by atoms with Crippen LogP contribution in [0.25, 0.3) is 0 Å². The molecular formula is C9H19NO2. The van der Waals surface area contributed by atoms with E-state index in [4.69, 9.17) is 4.74 Å². The lowest BCUT2D eigenvalue weighted by atomic mass is 10.3. The topological polar surface area (TPSA) is 29.5 Å². The zero-order valence-electron chi connectivity index (χ0n) is 8.46. The average molecular weight is 173 g/mol. The third kappa shape index (κ3) is 7.69. The SMILES string of the molecule is CC(C)OCC(=O)CCN(C)C. The zero-order chi connectivity index (χ0) is 9.56. The number of ketones is 1.